The SMILES string of the molecule is Cc1conc1CNC(=O)Nc1cccc(C#Cc2c(N)ncnc2N)c1. The van der Waals surface area contributed by atoms with Gasteiger partial charge in [0, 0.05) is 16.8 Å². The second-order valence-corrected chi connectivity index (χ2v) is 5.60. The maximum absolute atomic E-state index is 12.0. The van der Waals surface area contributed by atoms with Crippen LogP contribution in [0.15, 0.2) is 41.4 Å². The Kier molecular flexibility index (Phi) is 5.18. The van der Waals surface area contributed by atoms with E-state index in [1.807, 2.05) is 6.92 Å². The molecule has 2 amide bonds. The maximum Gasteiger partial charge on any atom is 0.319 e. The van der Waals surface area contributed by atoms with Gasteiger partial charge in [0.05, 0.1) is 6.54 Å². The summed E-state index contributed by atoms with van der Waals surface area (Å²) >= 11 is 0. The monoisotopic (exact) mass is 363 g/mol. The van der Waals surface area contributed by atoms with Gasteiger partial charge in [-0.1, -0.05) is 23.1 Å². The molecule has 0 aliphatic rings. The zero-order valence-corrected chi connectivity index (χ0v) is 14.5. The molecule has 9 nitrogen and oxygen atoms in total. The summed E-state index contributed by atoms with van der Waals surface area (Å²) < 4.78 is 4.83. The van der Waals surface area contributed by atoms with E-state index in [1.54, 1.807) is 24.3 Å². The maximum atomic E-state index is 12.0. The number of amides is 2. The van der Waals surface area contributed by atoms with Crippen LogP contribution in [0.3, 0.4) is 0 Å². The molecule has 2 aromatic heterocycles. The zero-order valence-electron chi connectivity index (χ0n) is 14.5. The molecule has 0 atom stereocenters. The number of hydrogen-bond acceptors (Lipinski definition) is 7. The van der Waals surface area contributed by atoms with E-state index in [4.69, 9.17) is 16.0 Å². The Labute approximate surface area is 155 Å². The van der Waals surface area contributed by atoms with Crippen molar-refractivity contribution in [3.8, 4) is 11.8 Å². The lowest BCUT2D eigenvalue weighted by molar-refractivity contribution is 0.251. The molecule has 0 spiro atoms. The molecular weight excluding hydrogens is 346 g/mol. The third-order valence-electron chi connectivity index (χ3n) is 3.62. The highest BCUT2D eigenvalue weighted by Crippen LogP contribution is 2.13. The zero-order chi connectivity index (χ0) is 19.2. The van der Waals surface area contributed by atoms with Crippen LogP contribution in [0.4, 0.5) is 22.1 Å². The minimum atomic E-state index is -0.368. The molecule has 6 N–H and O–H groups in total. The molecule has 3 rings (SSSR count). The van der Waals surface area contributed by atoms with Crippen molar-refractivity contribution in [2.24, 2.45) is 0 Å². The fraction of sp³-hybridized carbons (Fsp3) is 0.111. The Bertz CT molecular complexity index is 1010. The Hall–Kier alpha value is -4.06. The van der Waals surface area contributed by atoms with Crippen LogP contribution in [0.1, 0.15) is 22.4 Å². The third-order valence-corrected chi connectivity index (χ3v) is 3.62. The minimum absolute atomic E-state index is 0.215. The van der Waals surface area contributed by atoms with Crippen LogP contribution in [0.25, 0.3) is 0 Å². The third kappa shape index (κ3) is 4.52. The average molecular weight is 363 g/mol. The molecule has 0 saturated heterocycles. The Morgan fingerprint density at radius 1 is 1.22 bits per heavy atom. The van der Waals surface area contributed by atoms with E-state index in [9.17, 15) is 4.79 Å². The molecule has 0 bridgehead atoms. The van der Waals surface area contributed by atoms with E-state index < -0.39 is 0 Å². The number of nitrogens with zero attached hydrogens (tertiary/aromatic N) is 3. The van der Waals surface area contributed by atoms with E-state index >= 15 is 0 Å². The lowest BCUT2D eigenvalue weighted by Gasteiger charge is -2.07. The summed E-state index contributed by atoms with van der Waals surface area (Å²) in [4.78, 5) is 19.8. The fourth-order valence-electron chi connectivity index (χ4n) is 2.17. The van der Waals surface area contributed by atoms with E-state index in [2.05, 4.69) is 37.6 Å². The summed E-state index contributed by atoms with van der Waals surface area (Å²) in [6.07, 6.45) is 2.80. The van der Waals surface area contributed by atoms with Gasteiger partial charge in [0.25, 0.3) is 0 Å². The van der Waals surface area contributed by atoms with Crippen molar-refractivity contribution in [3.63, 3.8) is 0 Å². The Balaban J connectivity index is 1.66. The molecule has 0 fully saturated rings. The van der Waals surface area contributed by atoms with Gasteiger partial charge in [0.15, 0.2) is 0 Å². The number of nitrogens with one attached hydrogen (secondary N) is 2. The van der Waals surface area contributed by atoms with Crippen molar-refractivity contribution in [2.75, 3.05) is 16.8 Å². The predicted octanol–water partition coefficient (Wildman–Crippen LogP) is 1.66. The van der Waals surface area contributed by atoms with Crippen LogP contribution in [0.5, 0.6) is 0 Å². The number of hydrogen-bond donors (Lipinski definition) is 4. The van der Waals surface area contributed by atoms with E-state index in [-0.39, 0.29) is 24.2 Å². The van der Waals surface area contributed by atoms with Gasteiger partial charge in [0.2, 0.25) is 0 Å². The van der Waals surface area contributed by atoms with Gasteiger partial charge in [-0.15, -0.1) is 0 Å². The number of rotatable bonds is 3. The number of aryl methyl sites for hydroxylation is 1. The first kappa shape index (κ1) is 17.8. The van der Waals surface area contributed by atoms with Crippen molar-refractivity contribution in [1.82, 2.24) is 20.4 Å². The van der Waals surface area contributed by atoms with Crippen molar-refractivity contribution >= 4 is 23.4 Å². The summed E-state index contributed by atoms with van der Waals surface area (Å²) in [6, 6.07) is 6.68. The first-order chi connectivity index (χ1) is 13.0. The quantitative estimate of drug-likeness (QED) is 0.518. The van der Waals surface area contributed by atoms with E-state index in [1.165, 1.54) is 12.6 Å². The van der Waals surface area contributed by atoms with Gasteiger partial charge in [-0.3, -0.25) is 0 Å². The van der Waals surface area contributed by atoms with Crippen LogP contribution in [0.2, 0.25) is 0 Å². The number of urea groups is 1. The number of benzene rings is 1. The van der Waals surface area contributed by atoms with Gasteiger partial charge < -0.3 is 26.6 Å². The van der Waals surface area contributed by atoms with Gasteiger partial charge >= 0.3 is 6.03 Å². The molecule has 9 heteroatoms. The summed E-state index contributed by atoms with van der Waals surface area (Å²) in [6.45, 7) is 2.12. The van der Waals surface area contributed by atoms with Crippen LogP contribution < -0.4 is 22.1 Å². The number of nitrogens with two attached hydrogens (primary N) is 2. The van der Waals surface area contributed by atoms with Gasteiger partial charge in [-0.2, -0.15) is 0 Å². The van der Waals surface area contributed by atoms with Crippen LogP contribution in [-0.4, -0.2) is 21.2 Å². The standard InChI is InChI=1S/C18H17N7O2/c1-11-9-27-25-15(11)8-21-18(26)24-13-4-2-3-12(7-13)5-6-14-16(19)22-10-23-17(14)20/h2-4,7,9-10H,8H2,1H3,(H2,21,24,26)(H4,19,20,22,23). The van der Waals surface area contributed by atoms with Crippen molar-refractivity contribution < 1.29 is 9.32 Å². The molecular formula is C18H17N7O2. The highest BCUT2D eigenvalue weighted by Gasteiger charge is 2.07. The van der Waals surface area contributed by atoms with E-state index in [0.717, 1.165) is 5.56 Å². The van der Waals surface area contributed by atoms with Gasteiger partial charge in [-0.25, -0.2) is 14.8 Å². The smallest absolute Gasteiger partial charge is 0.319 e. The number of aromatic nitrogens is 3. The molecule has 27 heavy (non-hydrogen) atoms. The first-order valence-corrected chi connectivity index (χ1v) is 7.95. The van der Waals surface area contributed by atoms with Gasteiger partial charge in [0.1, 0.15) is 35.5 Å². The summed E-state index contributed by atoms with van der Waals surface area (Å²) in [7, 11) is 0. The number of anilines is 3. The lowest BCUT2D eigenvalue weighted by Crippen LogP contribution is -2.28. The molecule has 0 unspecified atom stereocenters. The summed E-state index contributed by atoms with van der Waals surface area (Å²) in [5.41, 5.74) is 14.7. The van der Waals surface area contributed by atoms with Crippen molar-refractivity contribution in [2.45, 2.75) is 13.5 Å². The molecule has 3 aromatic rings. The second kappa shape index (κ2) is 7.88. The average Bonchev–Trinajstić information content (AvgIpc) is 3.05. The normalized spacial score (nSPS) is 9.96. The minimum Gasteiger partial charge on any atom is -0.382 e. The molecule has 0 radical (unpaired) electrons. The number of nitrogen functional groups attached to an aromatic ring is 2. The Morgan fingerprint density at radius 3 is 2.70 bits per heavy atom. The second-order valence-electron chi connectivity index (χ2n) is 5.60. The molecule has 2 heterocycles. The highest BCUT2D eigenvalue weighted by molar-refractivity contribution is 5.89. The molecule has 1 aromatic carbocycles. The summed E-state index contributed by atoms with van der Waals surface area (Å²) in [5, 5.41) is 9.25. The molecule has 0 saturated carbocycles. The molecule has 136 valence electrons. The van der Waals surface area contributed by atoms with Gasteiger partial charge in [-0.05, 0) is 25.1 Å². The Morgan fingerprint density at radius 2 is 2.00 bits per heavy atom. The number of carbonyl (C=O) groups is 1. The molecule has 0 aliphatic heterocycles. The topological polar surface area (TPSA) is 145 Å². The van der Waals surface area contributed by atoms with Crippen LogP contribution in [0, 0.1) is 18.8 Å². The molecule has 0 aliphatic carbocycles. The van der Waals surface area contributed by atoms with E-state index in [0.29, 0.717) is 22.5 Å². The fourth-order valence-corrected chi connectivity index (χ4v) is 2.17. The van der Waals surface area contributed by atoms with Crippen molar-refractivity contribution in [3.05, 3.63) is 59.2 Å². The number of carbonyl (C=O) groups excluding carboxylic acids is 1. The van der Waals surface area contributed by atoms with Crippen molar-refractivity contribution in [1.29, 1.82) is 0 Å². The first-order valence-electron chi connectivity index (χ1n) is 7.95. The summed E-state index contributed by atoms with van der Waals surface area (Å²) in [5.74, 6) is 6.22. The largest absolute Gasteiger partial charge is 0.382 e. The highest BCUT2D eigenvalue weighted by atomic mass is 16.5. The van der Waals surface area contributed by atoms with Crippen LogP contribution >= 0.6 is 0 Å². The van der Waals surface area contributed by atoms with Crippen LogP contribution in [-0.2, 0) is 6.54 Å². The lowest BCUT2D eigenvalue weighted by atomic mass is 10.2. The predicted molar refractivity (Wildman–Crippen MR) is 100 cm³/mol.